The summed E-state index contributed by atoms with van der Waals surface area (Å²) in [5.74, 6) is -0.125. The van der Waals surface area contributed by atoms with Crippen molar-refractivity contribution in [1.82, 2.24) is 9.78 Å². The number of aromatic nitrogens is 2. The minimum atomic E-state index is -0.618. The van der Waals surface area contributed by atoms with E-state index in [4.69, 9.17) is 16.0 Å². The molecule has 0 fully saturated rings. The quantitative estimate of drug-likeness (QED) is 0.376. The minimum Gasteiger partial charge on any atom is -0.463 e. The van der Waals surface area contributed by atoms with Crippen LogP contribution in [0, 0.1) is 6.92 Å². The highest BCUT2D eigenvalue weighted by Crippen LogP contribution is 2.19. The van der Waals surface area contributed by atoms with E-state index in [2.05, 4.69) is 15.1 Å². The molecule has 0 saturated heterocycles. The van der Waals surface area contributed by atoms with Gasteiger partial charge in [-0.25, -0.2) is 4.79 Å². The predicted molar refractivity (Wildman–Crippen MR) is 74.4 cm³/mol. The van der Waals surface area contributed by atoms with Crippen LogP contribution in [-0.4, -0.2) is 22.0 Å². The van der Waals surface area contributed by atoms with E-state index < -0.39 is 5.97 Å². The number of nitrogens with zero attached hydrogens (tertiary/aromatic N) is 3. The average molecular weight is 294 g/mol. The number of rotatable bonds is 4. The van der Waals surface area contributed by atoms with Gasteiger partial charge in [-0.3, -0.25) is 4.68 Å². The Morgan fingerprint density at radius 3 is 3.00 bits per heavy atom. The summed E-state index contributed by atoms with van der Waals surface area (Å²) in [5.41, 5.74) is 1.39. The normalized spacial score (nSPS) is 11.6. The lowest BCUT2D eigenvalue weighted by Gasteiger charge is -1.92. The number of carbonyl (C=O) groups excluding carboxylic acids is 1. The van der Waals surface area contributed by atoms with Crippen molar-refractivity contribution >= 4 is 29.9 Å². The van der Waals surface area contributed by atoms with Crippen LogP contribution in [0.25, 0.3) is 6.08 Å². The van der Waals surface area contributed by atoms with E-state index >= 15 is 0 Å². The molecule has 0 amide bonds. The number of aryl methyl sites for hydroxylation is 2. The molecule has 20 heavy (non-hydrogen) atoms. The van der Waals surface area contributed by atoms with Gasteiger partial charge in [-0.1, -0.05) is 16.8 Å². The first-order valence-electron chi connectivity index (χ1n) is 5.73. The summed E-state index contributed by atoms with van der Waals surface area (Å²) in [4.78, 5) is 16.1. The van der Waals surface area contributed by atoms with Crippen LogP contribution < -0.4 is 0 Å². The Hall–Kier alpha value is -2.34. The maximum atomic E-state index is 11.5. The number of oxime groups is 1. The van der Waals surface area contributed by atoms with Gasteiger partial charge < -0.3 is 9.25 Å². The van der Waals surface area contributed by atoms with Crippen molar-refractivity contribution in [2.75, 3.05) is 0 Å². The van der Waals surface area contributed by atoms with Crippen LogP contribution in [0.3, 0.4) is 0 Å². The summed E-state index contributed by atoms with van der Waals surface area (Å²) in [6.07, 6.45) is 5.56. The van der Waals surface area contributed by atoms with E-state index in [1.54, 1.807) is 26.1 Å². The zero-order valence-electron chi connectivity index (χ0n) is 10.9. The van der Waals surface area contributed by atoms with Gasteiger partial charge in [0.1, 0.15) is 17.1 Å². The topological polar surface area (TPSA) is 69.6 Å². The summed E-state index contributed by atoms with van der Waals surface area (Å²) in [7, 11) is 1.72. The molecule has 0 spiro atoms. The number of hydrogen-bond donors (Lipinski definition) is 0. The third-order valence-electron chi connectivity index (χ3n) is 2.45. The highest BCUT2D eigenvalue weighted by atomic mass is 35.5. The Morgan fingerprint density at radius 1 is 1.60 bits per heavy atom. The minimum absolute atomic E-state index is 0.450. The predicted octanol–water partition coefficient (Wildman–Crippen LogP) is 2.57. The lowest BCUT2D eigenvalue weighted by molar-refractivity contribution is -0.137. The zero-order chi connectivity index (χ0) is 14.5. The van der Waals surface area contributed by atoms with Gasteiger partial charge in [-0.05, 0) is 25.1 Å². The molecule has 0 radical (unpaired) electrons. The number of hydrogen-bond acceptors (Lipinski definition) is 5. The monoisotopic (exact) mass is 293 g/mol. The average Bonchev–Trinajstić information content (AvgIpc) is 2.98. The van der Waals surface area contributed by atoms with E-state index in [1.165, 1.54) is 29.3 Å². The summed E-state index contributed by atoms with van der Waals surface area (Å²) < 4.78 is 6.52. The molecule has 2 aromatic heterocycles. The highest BCUT2D eigenvalue weighted by molar-refractivity contribution is 6.31. The second-order valence-corrected chi connectivity index (χ2v) is 4.27. The fourth-order valence-corrected chi connectivity index (χ4v) is 1.75. The smallest absolute Gasteiger partial charge is 0.358 e. The molecule has 2 aromatic rings. The Morgan fingerprint density at radius 2 is 2.40 bits per heavy atom. The lowest BCUT2D eigenvalue weighted by atomic mass is 10.2. The van der Waals surface area contributed by atoms with Crippen molar-refractivity contribution in [3.05, 3.63) is 46.6 Å². The first kappa shape index (κ1) is 14.1. The van der Waals surface area contributed by atoms with Gasteiger partial charge in [0.15, 0.2) is 0 Å². The van der Waals surface area contributed by atoms with Crippen LogP contribution in [0.4, 0.5) is 0 Å². The van der Waals surface area contributed by atoms with Crippen molar-refractivity contribution in [1.29, 1.82) is 0 Å². The van der Waals surface area contributed by atoms with E-state index in [9.17, 15) is 4.79 Å². The van der Waals surface area contributed by atoms with Gasteiger partial charge in [0.05, 0.1) is 12.0 Å². The summed E-state index contributed by atoms with van der Waals surface area (Å²) in [5, 5.41) is 8.08. The molecule has 0 N–H and O–H groups in total. The summed E-state index contributed by atoms with van der Waals surface area (Å²) >= 11 is 6.02. The van der Waals surface area contributed by atoms with Crippen LogP contribution in [-0.2, 0) is 16.7 Å². The fraction of sp³-hybridized carbons (Fsp3) is 0.154. The molecule has 7 heteroatoms. The second kappa shape index (κ2) is 6.21. The van der Waals surface area contributed by atoms with Crippen molar-refractivity contribution in [3.63, 3.8) is 0 Å². The molecule has 2 rings (SSSR count). The standard InChI is InChI=1S/C13H12ClN3O3/c1-9-11(13(14)17(2)16-9)5-6-12(18)20-15-8-10-4-3-7-19-10/h3-8H,1-2H3/b6-5-,15-8-. The lowest BCUT2D eigenvalue weighted by Crippen LogP contribution is -1.94. The number of carbonyl (C=O) groups is 1. The molecule has 0 aliphatic rings. The highest BCUT2D eigenvalue weighted by Gasteiger charge is 2.08. The molecule has 0 atom stereocenters. The Balaban J connectivity index is 1.96. The number of halogens is 1. The molecule has 0 bridgehead atoms. The van der Waals surface area contributed by atoms with E-state index in [0.29, 0.717) is 16.5 Å². The molecule has 6 nitrogen and oxygen atoms in total. The molecule has 104 valence electrons. The molecule has 0 aliphatic heterocycles. The maximum Gasteiger partial charge on any atom is 0.358 e. The van der Waals surface area contributed by atoms with Crippen LogP contribution in [0.5, 0.6) is 0 Å². The molecular formula is C13H12ClN3O3. The maximum absolute atomic E-state index is 11.5. The van der Waals surface area contributed by atoms with Gasteiger partial charge >= 0.3 is 5.97 Å². The SMILES string of the molecule is Cc1nn(C)c(Cl)c1/C=C\C(=O)O/N=C\c1ccco1. The molecule has 0 saturated carbocycles. The molecule has 2 heterocycles. The zero-order valence-corrected chi connectivity index (χ0v) is 11.7. The van der Waals surface area contributed by atoms with Crippen LogP contribution in [0.2, 0.25) is 5.15 Å². The van der Waals surface area contributed by atoms with Gasteiger partial charge in [-0.2, -0.15) is 5.10 Å². The molecular weight excluding hydrogens is 282 g/mol. The molecule has 0 aliphatic carbocycles. The van der Waals surface area contributed by atoms with Gasteiger partial charge in [0, 0.05) is 18.7 Å². The largest absolute Gasteiger partial charge is 0.463 e. The summed E-state index contributed by atoms with van der Waals surface area (Å²) in [6.45, 7) is 1.80. The Labute approximate surface area is 120 Å². The Bertz CT molecular complexity index is 657. The molecule has 0 aromatic carbocycles. The fourth-order valence-electron chi connectivity index (χ4n) is 1.51. The van der Waals surface area contributed by atoms with Gasteiger partial charge in [0.25, 0.3) is 0 Å². The first-order chi connectivity index (χ1) is 9.58. The Kier molecular flexibility index (Phi) is 4.37. The van der Waals surface area contributed by atoms with Crippen LogP contribution in [0.15, 0.2) is 34.0 Å². The van der Waals surface area contributed by atoms with E-state index in [0.717, 1.165) is 5.69 Å². The van der Waals surface area contributed by atoms with Gasteiger partial charge in [-0.15, -0.1) is 0 Å². The first-order valence-corrected chi connectivity index (χ1v) is 6.10. The van der Waals surface area contributed by atoms with Crippen molar-refractivity contribution < 1.29 is 14.0 Å². The second-order valence-electron chi connectivity index (χ2n) is 3.91. The van der Waals surface area contributed by atoms with Crippen molar-refractivity contribution in [2.24, 2.45) is 12.2 Å². The van der Waals surface area contributed by atoms with Crippen LogP contribution >= 0.6 is 11.6 Å². The van der Waals surface area contributed by atoms with Crippen LogP contribution in [0.1, 0.15) is 17.0 Å². The number of furan rings is 1. The van der Waals surface area contributed by atoms with Crippen molar-refractivity contribution in [3.8, 4) is 0 Å². The van der Waals surface area contributed by atoms with E-state index in [-0.39, 0.29) is 0 Å². The summed E-state index contributed by atoms with van der Waals surface area (Å²) in [6, 6.07) is 3.39. The van der Waals surface area contributed by atoms with E-state index in [1.807, 2.05) is 0 Å². The third kappa shape index (κ3) is 3.36. The third-order valence-corrected chi connectivity index (χ3v) is 2.90. The van der Waals surface area contributed by atoms with Crippen molar-refractivity contribution in [2.45, 2.75) is 6.92 Å². The molecule has 0 unspecified atom stereocenters. The van der Waals surface area contributed by atoms with Gasteiger partial charge in [0.2, 0.25) is 0 Å².